The summed E-state index contributed by atoms with van der Waals surface area (Å²) in [5, 5.41) is 0.155. The van der Waals surface area contributed by atoms with Crippen molar-refractivity contribution >= 4 is 21.4 Å². The molecular weight excluding hydrogens is 226 g/mol. The Balaban J connectivity index is 3.26. The van der Waals surface area contributed by atoms with E-state index in [0.29, 0.717) is 0 Å². The number of methoxy groups -OCH3 is 1. The van der Waals surface area contributed by atoms with Gasteiger partial charge < -0.3 is 4.74 Å². The van der Waals surface area contributed by atoms with Gasteiger partial charge in [0.25, 0.3) is 0 Å². The number of hydrogen-bond acceptors (Lipinski definition) is 4. The molecule has 1 aromatic rings. The van der Waals surface area contributed by atoms with Crippen molar-refractivity contribution in [2.75, 3.05) is 12.9 Å². The highest BCUT2D eigenvalue weighted by Gasteiger charge is 2.14. The number of ether oxygens (including phenoxy) is 1. The fraction of sp³-hybridized carbons (Fsp3) is 0.375. The molecule has 0 amide bonds. The smallest absolute Gasteiger partial charge is 0.179 e. The van der Waals surface area contributed by atoms with Crippen molar-refractivity contribution < 1.29 is 13.2 Å². The van der Waals surface area contributed by atoms with Gasteiger partial charge in [0.15, 0.2) is 20.7 Å². The van der Waals surface area contributed by atoms with Gasteiger partial charge in [-0.15, -0.1) is 0 Å². The second-order valence-electron chi connectivity index (χ2n) is 2.57. The monoisotopic (exact) mass is 235 g/mol. The van der Waals surface area contributed by atoms with Crippen LogP contribution in [-0.2, 0) is 9.84 Å². The Morgan fingerprint density at radius 3 is 2.71 bits per heavy atom. The third-order valence-electron chi connectivity index (χ3n) is 1.74. The maximum absolute atomic E-state index is 11.4. The number of hydrogen-bond donors (Lipinski definition) is 0. The molecule has 78 valence electrons. The van der Waals surface area contributed by atoms with E-state index in [1.54, 1.807) is 6.92 Å². The van der Waals surface area contributed by atoms with Crippen LogP contribution in [0.4, 0.5) is 0 Å². The molecule has 1 rings (SSSR count). The van der Waals surface area contributed by atoms with Crippen LogP contribution in [0.5, 0.6) is 5.75 Å². The van der Waals surface area contributed by atoms with Crippen LogP contribution in [0.25, 0.3) is 0 Å². The normalized spacial score (nSPS) is 11.4. The van der Waals surface area contributed by atoms with Gasteiger partial charge in [0.05, 0.1) is 17.8 Å². The van der Waals surface area contributed by atoms with Crippen molar-refractivity contribution in [2.24, 2.45) is 0 Å². The first-order valence-corrected chi connectivity index (χ1v) is 5.96. The van der Waals surface area contributed by atoms with Crippen LogP contribution < -0.4 is 4.74 Å². The Morgan fingerprint density at radius 1 is 1.57 bits per heavy atom. The zero-order chi connectivity index (χ0) is 10.8. The van der Waals surface area contributed by atoms with Gasteiger partial charge in [-0.1, -0.05) is 18.5 Å². The van der Waals surface area contributed by atoms with Gasteiger partial charge in [-0.2, -0.15) is 0 Å². The third-order valence-corrected chi connectivity index (χ3v) is 3.73. The second kappa shape index (κ2) is 4.14. The predicted molar refractivity (Wildman–Crippen MR) is 53.5 cm³/mol. The first kappa shape index (κ1) is 11.3. The average Bonchev–Trinajstić information content (AvgIpc) is 2.18. The van der Waals surface area contributed by atoms with Crippen LogP contribution in [0, 0.1) is 0 Å². The minimum atomic E-state index is -3.25. The lowest BCUT2D eigenvalue weighted by molar-refractivity contribution is 0.411. The molecule has 0 N–H and O–H groups in total. The summed E-state index contributed by atoms with van der Waals surface area (Å²) in [4.78, 5) is 3.85. The van der Waals surface area contributed by atoms with Crippen molar-refractivity contribution in [1.29, 1.82) is 0 Å². The summed E-state index contributed by atoms with van der Waals surface area (Å²) in [6.07, 6.45) is 1.23. The van der Waals surface area contributed by atoms with Gasteiger partial charge in [0, 0.05) is 12.3 Å². The summed E-state index contributed by atoms with van der Waals surface area (Å²) in [6.45, 7) is 1.57. The van der Waals surface area contributed by atoms with Gasteiger partial charge in [-0.25, -0.2) is 13.4 Å². The van der Waals surface area contributed by atoms with Crippen molar-refractivity contribution in [3.63, 3.8) is 0 Å². The van der Waals surface area contributed by atoms with E-state index < -0.39 is 9.84 Å². The summed E-state index contributed by atoms with van der Waals surface area (Å²) < 4.78 is 27.7. The first-order chi connectivity index (χ1) is 6.51. The fourth-order valence-corrected chi connectivity index (χ4v) is 1.90. The first-order valence-electron chi connectivity index (χ1n) is 3.93. The van der Waals surface area contributed by atoms with E-state index in [9.17, 15) is 8.42 Å². The minimum Gasteiger partial charge on any atom is -0.493 e. The molecule has 0 radical (unpaired) electrons. The molecule has 6 heteroatoms. The quantitative estimate of drug-likeness (QED) is 0.746. The molecule has 0 aliphatic heterocycles. The van der Waals surface area contributed by atoms with Crippen molar-refractivity contribution in [2.45, 2.75) is 11.8 Å². The van der Waals surface area contributed by atoms with Crippen LogP contribution in [0.1, 0.15) is 6.92 Å². The topological polar surface area (TPSA) is 56.3 Å². The predicted octanol–water partition coefficient (Wildman–Crippen LogP) is 1.54. The zero-order valence-corrected chi connectivity index (χ0v) is 9.39. The Labute approximate surface area is 87.8 Å². The largest absolute Gasteiger partial charge is 0.493 e. The average molecular weight is 236 g/mol. The molecule has 0 atom stereocenters. The lowest BCUT2D eigenvalue weighted by Gasteiger charge is -2.05. The van der Waals surface area contributed by atoms with E-state index in [-0.39, 0.29) is 21.6 Å². The van der Waals surface area contributed by atoms with Gasteiger partial charge >= 0.3 is 0 Å². The molecule has 0 saturated carbocycles. The molecule has 1 heterocycles. The molecule has 4 nitrogen and oxygen atoms in total. The molecule has 0 spiro atoms. The number of pyridine rings is 1. The molecule has 14 heavy (non-hydrogen) atoms. The Hall–Kier alpha value is -0.810. The second-order valence-corrected chi connectivity index (χ2v) is 5.20. The minimum absolute atomic E-state index is 0.0272. The highest BCUT2D eigenvalue weighted by atomic mass is 35.5. The Morgan fingerprint density at radius 2 is 2.21 bits per heavy atom. The van der Waals surface area contributed by atoms with E-state index in [4.69, 9.17) is 16.3 Å². The molecule has 1 aromatic heterocycles. The summed E-state index contributed by atoms with van der Waals surface area (Å²) in [5.41, 5.74) is 0. The van der Waals surface area contributed by atoms with Gasteiger partial charge in [0.2, 0.25) is 0 Å². The Kier molecular flexibility index (Phi) is 3.34. The lowest BCUT2D eigenvalue weighted by Crippen LogP contribution is -2.04. The summed E-state index contributed by atoms with van der Waals surface area (Å²) in [7, 11) is -1.84. The number of aromatic nitrogens is 1. The summed E-state index contributed by atoms with van der Waals surface area (Å²) >= 11 is 5.66. The van der Waals surface area contributed by atoms with Crippen LogP contribution in [0.2, 0.25) is 5.15 Å². The van der Waals surface area contributed by atoms with Crippen LogP contribution in [-0.4, -0.2) is 26.3 Å². The van der Waals surface area contributed by atoms with E-state index >= 15 is 0 Å². The molecule has 0 fully saturated rings. The van der Waals surface area contributed by atoms with Crippen molar-refractivity contribution in [1.82, 2.24) is 4.98 Å². The van der Waals surface area contributed by atoms with Gasteiger partial charge in [-0.3, -0.25) is 0 Å². The van der Waals surface area contributed by atoms with Crippen molar-refractivity contribution in [3.05, 3.63) is 17.4 Å². The molecule has 0 unspecified atom stereocenters. The highest BCUT2D eigenvalue weighted by Crippen LogP contribution is 2.24. The molecule has 0 aliphatic carbocycles. The zero-order valence-electron chi connectivity index (χ0n) is 7.82. The fourth-order valence-electron chi connectivity index (χ4n) is 0.890. The van der Waals surface area contributed by atoms with Crippen molar-refractivity contribution in [3.8, 4) is 5.75 Å². The lowest BCUT2D eigenvalue weighted by atomic mass is 10.5. The summed E-state index contributed by atoms with van der Waals surface area (Å²) in [5.74, 6) is 0.292. The maximum Gasteiger partial charge on any atom is 0.179 e. The number of rotatable bonds is 3. The van der Waals surface area contributed by atoms with E-state index in [0.717, 1.165) is 0 Å². The SMILES string of the molecule is CCS(=O)(=O)c1cnc(Cl)c(OC)c1. The molecular formula is C8H10ClNO3S. The van der Waals surface area contributed by atoms with Crippen LogP contribution >= 0.6 is 11.6 Å². The number of sulfone groups is 1. The molecule has 0 aliphatic rings. The maximum atomic E-state index is 11.4. The Bertz CT molecular complexity index is 430. The van der Waals surface area contributed by atoms with Crippen LogP contribution in [0.15, 0.2) is 17.2 Å². The van der Waals surface area contributed by atoms with Crippen LogP contribution in [0.3, 0.4) is 0 Å². The highest BCUT2D eigenvalue weighted by molar-refractivity contribution is 7.91. The van der Waals surface area contributed by atoms with E-state index in [1.165, 1.54) is 19.4 Å². The molecule has 0 aromatic carbocycles. The number of halogens is 1. The van der Waals surface area contributed by atoms with E-state index in [2.05, 4.69) is 4.98 Å². The van der Waals surface area contributed by atoms with E-state index in [1.807, 2.05) is 0 Å². The molecule has 0 saturated heterocycles. The number of nitrogens with zero attached hydrogens (tertiary/aromatic N) is 1. The standard InChI is InChI=1S/C8H10ClNO3S/c1-3-14(11,12)6-4-7(13-2)8(9)10-5-6/h4-5H,3H2,1-2H3. The van der Waals surface area contributed by atoms with Gasteiger partial charge in [0.1, 0.15) is 0 Å². The molecule has 0 bridgehead atoms. The summed E-state index contributed by atoms with van der Waals surface area (Å²) in [6, 6.07) is 1.37. The van der Waals surface area contributed by atoms with Gasteiger partial charge in [-0.05, 0) is 0 Å². The third kappa shape index (κ3) is 2.16.